The van der Waals surface area contributed by atoms with Crippen molar-refractivity contribution in [1.82, 2.24) is 25.5 Å². The van der Waals surface area contributed by atoms with Crippen LogP contribution in [-0.2, 0) is 19.1 Å². The molecule has 1 aromatic carbocycles. The SMILES string of the molecule is COc1ccc2c(O[C@@H]3C[C@H]4C(=O)N[C@]5(C(=O)O)C[C@H]5/C=C\CCCCC[C@H](NC(=O)OC5CCCC5)C(=O)N4C3)cc(-c3csc(N)n3)nc2c1. The van der Waals surface area contributed by atoms with Gasteiger partial charge >= 0.3 is 12.1 Å². The number of carbonyl (C=O) groups excluding carboxylic acids is 3. The van der Waals surface area contributed by atoms with E-state index in [9.17, 15) is 24.3 Å². The topological polar surface area (TPSA) is 195 Å². The largest absolute Gasteiger partial charge is 0.497 e. The summed E-state index contributed by atoms with van der Waals surface area (Å²) < 4.78 is 17.7. The highest BCUT2D eigenvalue weighted by Gasteiger charge is 2.61. The molecule has 3 fully saturated rings. The van der Waals surface area contributed by atoms with E-state index in [1.807, 2.05) is 18.2 Å². The Morgan fingerprint density at radius 3 is 2.62 bits per heavy atom. The fraction of sp³-hybridized carbons (Fsp3) is 0.514. The fourth-order valence-corrected chi connectivity index (χ4v) is 8.15. The summed E-state index contributed by atoms with van der Waals surface area (Å²) in [6, 6.07) is 5.16. The number of ether oxygens (including phenoxy) is 3. The summed E-state index contributed by atoms with van der Waals surface area (Å²) in [7, 11) is 1.57. The summed E-state index contributed by atoms with van der Waals surface area (Å²) in [6.45, 7) is 0.0229. The first-order chi connectivity index (χ1) is 25.1. The quantitative estimate of drug-likeness (QED) is 0.243. The number of nitrogen functional groups attached to an aromatic ring is 1. The predicted octanol–water partition coefficient (Wildman–Crippen LogP) is 4.81. The van der Waals surface area contributed by atoms with E-state index in [0.717, 1.165) is 44.9 Å². The Morgan fingerprint density at radius 2 is 1.87 bits per heavy atom. The van der Waals surface area contributed by atoms with Gasteiger partial charge < -0.3 is 40.6 Å². The number of nitrogens with zero attached hydrogens (tertiary/aromatic N) is 3. The standard InChI is InChI=1S/C37H44N6O8S/c1-49-23-13-14-25-27(15-23)39-28(29-20-52-35(38)40-29)17-31(25)50-24-16-30-32(44)42-37(34(46)47)18-21(37)9-5-3-2-4-6-12-26(33(45)43(30)19-24)41-36(48)51-22-10-7-8-11-22/h5,9,13-15,17,20-22,24,26,30H,2-4,6-8,10-12,16,18-19H2,1H3,(H2,38,40)(H,41,48)(H,42,44)(H,46,47)/b9-5-/t21-,24-,26+,30+,37-/m1/s1. The van der Waals surface area contributed by atoms with Gasteiger partial charge in [-0.05, 0) is 63.5 Å². The number of nitrogens with two attached hydrogens (primary N) is 1. The van der Waals surface area contributed by atoms with E-state index < -0.39 is 47.6 Å². The van der Waals surface area contributed by atoms with Crippen LogP contribution in [0.15, 0.2) is 41.8 Å². The Kier molecular flexibility index (Phi) is 10.2. The van der Waals surface area contributed by atoms with Gasteiger partial charge in [-0.3, -0.25) is 9.59 Å². The van der Waals surface area contributed by atoms with E-state index in [2.05, 4.69) is 15.6 Å². The summed E-state index contributed by atoms with van der Waals surface area (Å²) in [6.07, 6.45) is 9.64. The summed E-state index contributed by atoms with van der Waals surface area (Å²) in [5.74, 6) is -1.44. The van der Waals surface area contributed by atoms with Crippen LogP contribution in [0.4, 0.5) is 9.93 Å². The summed E-state index contributed by atoms with van der Waals surface area (Å²) in [4.78, 5) is 64.8. The highest BCUT2D eigenvalue weighted by molar-refractivity contribution is 7.13. The zero-order valence-electron chi connectivity index (χ0n) is 29.0. The molecular weight excluding hydrogens is 689 g/mol. The van der Waals surface area contributed by atoms with Gasteiger partial charge in [0.2, 0.25) is 11.8 Å². The monoisotopic (exact) mass is 732 g/mol. The van der Waals surface area contributed by atoms with E-state index in [1.165, 1.54) is 16.2 Å². The number of alkyl carbamates (subject to hydrolysis) is 1. The number of anilines is 1. The van der Waals surface area contributed by atoms with Crippen molar-refractivity contribution in [2.75, 3.05) is 19.4 Å². The van der Waals surface area contributed by atoms with E-state index in [1.54, 1.807) is 30.7 Å². The highest BCUT2D eigenvalue weighted by atomic mass is 32.1. The van der Waals surface area contributed by atoms with Crippen LogP contribution in [0, 0.1) is 5.92 Å². The molecule has 0 radical (unpaired) electrons. The first kappa shape index (κ1) is 35.5. The Hall–Kier alpha value is -4.92. The molecule has 3 aromatic rings. The Labute approximate surface area is 305 Å². The number of hydrogen-bond acceptors (Lipinski definition) is 11. The lowest BCUT2D eigenvalue weighted by atomic mass is 10.0. The number of methoxy groups -OCH3 is 1. The smallest absolute Gasteiger partial charge is 0.408 e. The molecule has 5 atom stereocenters. The number of hydrogen-bond donors (Lipinski definition) is 4. The van der Waals surface area contributed by atoms with Gasteiger partial charge in [0.05, 0.1) is 24.9 Å². The summed E-state index contributed by atoms with van der Waals surface area (Å²) >= 11 is 1.28. The number of carboxylic acids is 1. The molecule has 1 saturated heterocycles. The zero-order valence-corrected chi connectivity index (χ0v) is 29.9. The molecule has 52 heavy (non-hydrogen) atoms. The molecule has 2 aromatic heterocycles. The van der Waals surface area contributed by atoms with Crippen LogP contribution in [0.2, 0.25) is 0 Å². The average molecular weight is 733 g/mol. The molecule has 2 aliphatic carbocycles. The van der Waals surface area contributed by atoms with Crippen LogP contribution in [0.3, 0.4) is 0 Å². The third-order valence-electron chi connectivity index (χ3n) is 10.5. The molecule has 4 aliphatic rings. The van der Waals surface area contributed by atoms with Crippen molar-refractivity contribution in [1.29, 1.82) is 0 Å². The van der Waals surface area contributed by atoms with Crippen molar-refractivity contribution in [3.05, 3.63) is 41.8 Å². The first-order valence-corrected chi connectivity index (χ1v) is 18.9. The minimum atomic E-state index is -1.45. The lowest BCUT2D eigenvalue weighted by Gasteiger charge is -2.29. The average Bonchev–Trinajstić information content (AvgIpc) is 3.54. The van der Waals surface area contributed by atoms with Crippen LogP contribution < -0.4 is 25.8 Å². The molecule has 0 unspecified atom stereocenters. The number of thiazole rings is 1. The molecule has 276 valence electrons. The number of carbonyl (C=O) groups is 4. The van der Waals surface area contributed by atoms with Crippen LogP contribution in [0.25, 0.3) is 22.3 Å². The minimum Gasteiger partial charge on any atom is -0.497 e. The van der Waals surface area contributed by atoms with E-state index in [0.29, 0.717) is 51.8 Å². The van der Waals surface area contributed by atoms with Crippen LogP contribution in [-0.4, -0.2) is 87.3 Å². The maximum Gasteiger partial charge on any atom is 0.408 e. The number of allylic oxidation sites excluding steroid dienone is 1. The zero-order chi connectivity index (χ0) is 36.4. The van der Waals surface area contributed by atoms with Crippen molar-refractivity contribution >= 4 is 51.2 Å². The van der Waals surface area contributed by atoms with Gasteiger partial charge in [-0.1, -0.05) is 25.0 Å². The molecule has 7 rings (SSSR count). The number of aromatic nitrogens is 2. The van der Waals surface area contributed by atoms with Gasteiger partial charge in [0.1, 0.15) is 47.0 Å². The lowest BCUT2D eigenvalue weighted by molar-refractivity contribution is -0.145. The van der Waals surface area contributed by atoms with Gasteiger partial charge in [0.15, 0.2) is 5.13 Å². The third kappa shape index (κ3) is 7.50. The van der Waals surface area contributed by atoms with Gasteiger partial charge in [0, 0.05) is 35.2 Å². The predicted molar refractivity (Wildman–Crippen MR) is 193 cm³/mol. The van der Waals surface area contributed by atoms with Crippen molar-refractivity contribution in [2.45, 2.75) is 100 Å². The minimum absolute atomic E-state index is 0.0229. The van der Waals surface area contributed by atoms with Crippen LogP contribution in [0.1, 0.15) is 70.6 Å². The number of nitrogens with one attached hydrogen (secondary N) is 2. The maximum absolute atomic E-state index is 14.5. The number of rotatable bonds is 7. The first-order valence-electron chi connectivity index (χ1n) is 18.0. The Morgan fingerprint density at radius 1 is 1.06 bits per heavy atom. The number of aliphatic carboxylic acids is 1. The molecule has 3 amide bonds. The molecule has 15 heteroatoms. The van der Waals surface area contributed by atoms with E-state index >= 15 is 0 Å². The molecule has 0 spiro atoms. The van der Waals surface area contributed by atoms with Gasteiger partial charge in [0.25, 0.3) is 0 Å². The highest BCUT2D eigenvalue weighted by Crippen LogP contribution is 2.45. The van der Waals surface area contributed by atoms with Crippen molar-refractivity contribution < 1.29 is 38.5 Å². The number of carboxylic acid groups (broad SMARTS) is 1. The molecule has 2 saturated carbocycles. The van der Waals surface area contributed by atoms with E-state index in [-0.39, 0.29) is 31.4 Å². The second kappa shape index (κ2) is 15.0. The molecule has 4 heterocycles. The van der Waals surface area contributed by atoms with E-state index in [4.69, 9.17) is 24.9 Å². The number of benzene rings is 1. The molecule has 2 aliphatic heterocycles. The van der Waals surface area contributed by atoms with Gasteiger partial charge in [-0.25, -0.2) is 19.6 Å². The van der Waals surface area contributed by atoms with Crippen molar-refractivity contribution in [3.8, 4) is 22.9 Å². The van der Waals surface area contributed by atoms with Gasteiger partial charge in [-0.15, -0.1) is 11.3 Å². The Bertz CT molecular complexity index is 1880. The molecule has 14 nitrogen and oxygen atoms in total. The van der Waals surface area contributed by atoms with Crippen molar-refractivity contribution in [3.63, 3.8) is 0 Å². The molecular formula is C37H44N6O8S. The number of pyridine rings is 1. The third-order valence-corrected chi connectivity index (χ3v) is 11.2. The second-order valence-electron chi connectivity index (χ2n) is 14.1. The normalized spacial score (nSPS) is 27.4. The number of fused-ring (bicyclic) bond motifs is 3. The van der Waals surface area contributed by atoms with Crippen LogP contribution >= 0.6 is 11.3 Å². The molecule has 0 bridgehead atoms. The Balaban J connectivity index is 1.20. The number of amides is 3. The molecule has 5 N–H and O–H groups in total. The van der Waals surface area contributed by atoms with Gasteiger partial charge in [-0.2, -0.15) is 0 Å². The maximum atomic E-state index is 14.5. The lowest BCUT2D eigenvalue weighted by Crippen LogP contribution is -2.56. The summed E-state index contributed by atoms with van der Waals surface area (Å²) in [5, 5.41) is 18.7. The summed E-state index contributed by atoms with van der Waals surface area (Å²) in [5.41, 5.74) is 6.15. The second-order valence-corrected chi connectivity index (χ2v) is 15.0. The van der Waals surface area contributed by atoms with Crippen molar-refractivity contribution in [2.24, 2.45) is 5.92 Å². The fourth-order valence-electron chi connectivity index (χ4n) is 7.60. The van der Waals surface area contributed by atoms with Crippen LogP contribution in [0.5, 0.6) is 11.5 Å².